The van der Waals surface area contributed by atoms with Crippen LogP contribution in [0.25, 0.3) is 0 Å². The number of hydrogen-bond donors (Lipinski definition) is 1. The van der Waals surface area contributed by atoms with E-state index in [-0.39, 0.29) is 17.3 Å². The third kappa shape index (κ3) is 5.29. The van der Waals surface area contributed by atoms with Crippen LogP contribution in [-0.4, -0.2) is 69.5 Å². The molecular weight excluding hydrogens is 430 g/mol. The van der Waals surface area contributed by atoms with Crippen molar-refractivity contribution < 1.29 is 22.7 Å². The summed E-state index contributed by atoms with van der Waals surface area (Å²) in [7, 11) is -3.54. The summed E-state index contributed by atoms with van der Waals surface area (Å²) < 4.78 is 37.7. The Kier molecular flexibility index (Phi) is 7.10. The molecule has 0 saturated carbocycles. The first-order chi connectivity index (χ1) is 15.5. The molecule has 1 amide bonds. The van der Waals surface area contributed by atoms with Gasteiger partial charge < -0.3 is 14.8 Å². The van der Waals surface area contributed by atoms with E-state index in [2.05, 4.69) is 22.3 Å². The number of amides is 1. The van der Waals surface area contributed by atoms with Crippen LogP contribution in [0.5, 0.6) is 5.75 Å². The number of rotatable bonds is 7. The Hall–Kier alpha value is -2.46. The number of morpholine rings is 1. The lowest BCUT2D eigenvalue weighted by atomic mass is 9.99. The van der Waals surface area contributed by atoms with Gasteiger partial charge >= 0.3 is 0 Å². The molecule has 8 nitrogen and oxygen atoms in total. The number of nitrogens with one attached hydrogen (secondary N) is 1. The van der Waals surface area contributed by atoms with Crippen molar-refractivity contribution in [1.29, 1.82) is 0 Å². The molecule has 2 aromatic rings. The monoisotopic (exact) mass is 459 g/mol. The molecule has 1 saturated heterocycles. The summed E-state index contributed by atoms with van der Waals surface area (Å²) in [6.07, 6.45) is 0.892. The summed E-state index contributed by atoms with van der Waals surface area (Å²) in [5.74, 6) is 0.725. The molecule has 0 unspecified atom stereocenters. The van der Waals surface area contributed by atoms with Crippen LogP contribution in [0.15, 0.2) is 47.4 Å². The van der Waals surface area contributed by atoms with Gasteiger partial charge in [-0.2, -0.15) is 4.31 Å². The van der Waals surface area contributed by atoms with Crippen LogP contribution < -0.4 is 10.1 Å². The number of nitrogens with zero attached hydrogens (tertiary/aromatic N) is 2. The summed E-state index contributed by atoms with van der Waals surface area (Å²) in [5.41, 5.74) is 3.06. The fourth-order valence-electron chi connectivity index (χ4n) is 4.03. The largest absolute Gasteiger partial charge is 0.494 e. The first kappa shape index (κ1) is 22.7. The van der Waals surface area contributed by atoms with E-state index in [0.717, 1.165) is 18.7 Å². The van der Waals surface area contributed by atoms with E-state index in [9.17, 15) is 13.2 Å². The number of fused-ring (bicyclic) bond motifs is 1. The van der Waals surface area contributed by atoms with Crippen molar-refractivity contribution in [2.75, 3.05) is 51.3 Å². The lowest BCUT2D eigenvalue weighted by molar-refractivity contribution is -0.117. The lowest BCUT2D eigenvalue weighted by Gasteiger charge is -2.28. The van der Waals surface area contributed by atoms with E-state index < -0.39 is 10.0 Å². The Bertz CT molecular complexity index is 1050. The molecule has 2 aliphatic heterocycles. The number of ether oxygens (including phenoxy) is 2. The Labute approximate surface area is 189 Å². The molecule has 9 heteroatoms. The first-order valence-corrected chi connectivity index (χ1v) is 12.3. The Morgan fingerprint density at radius 3 is 2.53 bits per heavy atom. The molecule has 32 heavy (non-hydrogen) atoms. The van der Waals surface area contributed by atoms with E-state index in [0.29, 0.717) is 45.1 Å². The number of carbonyl (C=O) groups excluding carboxylic acids is 1. The van der Waals surface area contributed by atoms with Crippen molar-refractivity contribution in [2.24, 2.45) is 0 Å². The van der Waals surface area contributed by atoms with Crippen molar-refractivity contribution in [3.05, 3.63) is 53.6 Å². The van der Waals surface area contributed by atoms with Gasteiger partial charge in [0, 0.05) is 31.9 Å². The standard InChI is InChI=1S/C23H29N3O5S/c1-2-31-21-6-3-18-9-10-25(16-19(18)15-21)17-23(27)24-20-4-7-22(8-5-20)32(28,29)26-11-13-30-14-12-26/h3-8,15H,2,9-14,16-17H2,1H3,(H,24,27). The maximum absolute atomic E-state index is 12.7. The lowest BCUT2D eigenvalue weighted by Crippen LogP contribution is -2.40. The summed E-state index contributed by atoms with van der Waals surface area (Å²) in [4.78, 5) is 14.9. The minimum absolute atomic E-state index is 0.127. The van der Waals surface area contributed by atoms with E-state index >= 15 is 0 Å². The maximum Gasteiger partial charge on any atom is 0.243 e. The van der Waals surface area contributed by atoms with Gasteiger partial charge in [-0.15, -0.1) is 0 Å². The molecule has 2 heterocycles. The van der Waals surface area contributed by atoms with Gasteiger partial charge in [0.1, 0.15) is 5.75 Å². The zero-order valence-electron chi connectivity index (χ0n) is 18.2. The molecule has 0 atom stereocenters. The quantitative estimate of drug-likeness (QED) is 0.682. The van der Waals surface area contributed by atoms with E-state index in [1.807, 2.05) is 13.0 Å². The minimum atomic E-state index is -3.54. The molecule has 2 aliphatic rings. The highest BCUT2D eigenvalue weighted by Crippen LogP contribution is 2.24. The van der Waals surface area contributed by atoms with E-state index in [4.69, 9.17) is 9.47 Å². The zero-order valence-corrected chi connectivity index (χ0v) is 19.1. The third-order valence-corrected chi connectivity index (χ3v) is 7.61. The molecule has 2 aromatic carbocycles. The predicted molar refractivity (Wildman–Crippen MR) is 121 cm³/mol. The van der Waals surface area contributed by atoms with Crippen molar-refractivity contribution in [3.63, 3.8) is 0 Å². The Balaban J connectivity index is 1.34. The SMILES string of the molecule is CCOc1ccc2c(c1)CN(CC(=O)Nc1ccc(S(=O)(=O)N3CCOCC3)cc1)CC2. The highest BCUT2D eigenvalue weighted by atomic mass is 32.2. The van der Waals surface area contributed by atoms with Crippen LogP contribution in [0.2, 0.25) is 0 Å². The van der Waals surface area contributed by atoms with Gasteiger partial charge in [0.2, 0.25) is 15.9 Å². The number of carbonyl (C=O) groups is 1. The minimum Gasteiger partial charge on any atom is -0.494 e. The van der Waals surface area contributed by atoms with Gasteiger partial charge in [-0.3, -0.25) is 9.69 Å². The third-order valence-electron chi connectivity index (χ3n) is 5.69. The van der Waals surface area contributed by atoms with Gasteiger partial charge in [0.15, 0.2) is 0 Å². The normalized spacial score (nSPS) is 17.5. The molecule has 172 valence electrons. The molecule has 0 aromatic heterocycles. The van der Waals surface area contributed by atoms with Crippen molar-refractivity contribution in [1.82, 2.24) is 9.21 Å². The smallest absolute Gasteiger partial charge is 0.243 e. The van der Waals surface area contributed by atoms with E-state index in [1.54, 1.807) is 12.1 Å². The zero-order chi connectivity index (χ0) is 22.6. The fraction of sp³-hybridized carbons (Fsp3) is 0.435. The summed E-state index contributed by atoms with van der Waals surface area (Å²) in [6, 6.07) is 12.5. The fourth-order valence-corrected chi connectivity index (χ4v) is 5.44. The van der Waals surface area contributed by atoms with Crippen LogP contribution in [0.4, 0.5) is 5.69 Å². The van der Waals surface area contributed by atoms with Gasteiger partial charge in [-0.25, -0.2) is 8.42 Å². The number of sulfonamides is 1. The molecule has 0 radical (unpaired) electrons. The molecule has 0 spiro atoms. The average molecular weight is 460 g/mol. The molecule has 1 fully saturated rings. The number of hydrogen-bond acceptors (Lipinski definition) is 6. The van der Waals surface area contributed by atoms with Gasteiger partial charge in [0.25, 0.3) is 0 Å². The van der Waals surface area contributed by atoms with Crippen LogP contribution in [-0.2, 0) is 32.5 Å². The first-order valence-electron chi connectivity index (χ1n) is 10.9. The van der Waals surface area contributed by atoms with Gasteiger partial charge in [-0.1, -0.05) is 6.07 Å². The van der Waals surface area contributed by atoms with Crippen molar-refractivity contribution >= 4 is 21.6 Å². The molecule has 4 rings (SSSR count). The van der Waals surface area contributed by atoms with Crippen molar-refractivity contribution in [2.45, 2.75) is 24.8 Å². The second-order valence-corrected chi connectivity index (χ2v) is 9.85. The summed E-state index contributed by atoms with van der Waals surface area (Å²) in [6.45, 7) is 5.87. The average Bonchev–Trinajstić information content (AvgIpc) is 2.80. The molecule has 1 N–H and O–H groups in total. The van der Waals surface area contributed by atoms with Crippen molar-refractivity contribution in [3.8, 4) is 5.75 Å². The second kappa shape index (κ2) is 9.99. The van der Waals surface area contributed by atoms with Crippen LogP contribution >= 0.6 is 0 Å². The number of benzene rings is 2. The van der Waals surface area contributed by atoms with Crippen LogP contribution in [0, 0.1) is 0 Å². The second-order valence-electron chi connectivity index (χ2n) is 7.91. The number of anilines is 1. The highest BCUT2D eigenvalue weighted by molar-refractivity contribution is 7.89. The van der Waals surface area contributed by atoms with Crippen LogP contribution in [0.1, 0.15) is 18.1 Å². The Morgan fingerprint density at radius 1 is 1.06 bits per heavy atom. The van der Waals surface area contributed by atoms with E-state index in [1.165, 1.54) is 27.6 Å². The predicted octanol–water partition coefficient (Wildman–Crippen LogP) is 2.10. The maximum atomic E-state index is 12.7. The van der Waals surface area contributed by atoms with Crippen LogP contribution in [0.3, 0.4) is 0 Å². The molecule has 0 aliphatic carbocycles. The topological polar surface area (TPSA) is 88.2 Å². The summed E-state index contributed by atoms with van der Waals surface area (Å²) >= 11 is 0. The Morgan fingerprint density at radius 2 is 1.81 bits per heavy atom. The highest BCUT2D eigenvalue weighted by Gasteiger charge is 2.26. The molecule has 0 bridgehead atoms. The van der Waals surface area contributed by atoms with Gasteiger partial charge in [0.05, 0.1) is 31.3 Å². The van der Waals surface area contributed by atoms with Gasteiger partial charge in [-0.05, 0) is 60.9 Å². The summed E-state index contributed by atoms with van der Waals surface area (Å²) in [5, 5.41) is 2.87. The molecular formula is C23H29N3O5S.